The predicted octanol–water partition coefficient (Wildman–Crippen LogP) is 4.38. The minimum absolute atomic E-state index is 0.0452. The Hall–Kier alpha value is -4.23. The highest BCUT2D eigenvalue weighted by atomic mass is 16.6. The van der Waals surface area contributed by atoms with E-state index >= 15 is 0 Å². The van der Waals surface area contributed by atoms with Crippen molar-refractivity contribution in [3.63, 3.8) is 0 Å². The lowest BCUT2D eigenvalue weighted by atomic mass is 9.99. The van der Waals surface area contributed by atoms with Gasteiger partial charge >= 0.3 is 6.09 Å². The molecule has 7 heteroatoms. The zero-order chi connectivity index (χ0) is 27.6. The van der Waals surface area contributed by atoms with Crippen LogP contribution in [0.25, 0.3) is 0 Å². The highest BCUT2D eigenvalue weighted by Crippen LogP contribution is 2.24. The van der Waals surface area contributed by atoms with Crippen LogP contribution in [0.4, 0.5) is 4.79 Å². The van der Waals surface area contributed by atoms with Gasteiger partial charge in [0.25, 0.3) is 5.91 Å². The Kier molecular flexibility index (Phi) is 10.3. The highest BCUT2D eigenvalue weighted by Gasteiger charge is 2.36. The van der Waals surface area contributed by atoms with Gasteiger partial charge in [0.15, 0.2) is 0 Å². The molecule has 0 saturated carbocycles. The zero-order valence-electron chi connectivity index (χ0n) is 22.1. The number of carbonyl (C=O) groups excluding carboxylic acids is 3. The molecule has 2 N–H and O–H groups in total. The van der Waals surface area contributed by atoms with Crippen LogP contribution >= 0.6 is 0 Å². The standard InChI is InChI=1S/C30H35N3O4/c1-8-22-15-17-24(18-16-22)26(27(34)31-20-23-13-11-10-12-14-23)33(9-2)28(35)25(19-21(3)4)32-29(36)37-30(5,6)7/h1-2,10-18,21,25-26H,19-20H2,3-7H3,(H,31,34)(H,32,36). The van der Waals surface area contributed by atoms with Crippen LogP contribution in [0.1, 0.15) is 63.8 Å². The number of ether oxygens (including phenoxy) is 1. The summed E-state index contributed by atoms with van der Waals surface area (Å²) in [5.74, 6) is 1.51. The minimum Gasteiger partial charge on any atom is -0.444 e. The molecule has 37 heavy (non-hydrogen) atoms. The van der Waals surface area contributed by atoms with Crippen molar-refractivity contribution in [3.05, 3.63) is 71.3 Å². The summed E-state index contributed by atoms with van der Waals surface area (Å²) in [6.45, 7) is 9.27. The monoisotopic (exact) mass is 501 g/mol. The maximum Gasteiger partial charge on any atom is 0.408 e. The molecule has 7 nitrogen and oxygen atoms in total. The number of hydrogen-bond acceptors (Lipinski definition) is 4. The fourth-order valence-electron chi connectivity index (χ4n) is 3.64. The second kappa shape index (κ2) is 13.2. The van der Waals surface area contributed by atoms with Crippen LogP contribution in [0.2, 0.25) is 0 Å². The molecule has 0 aliphatic carbocycles. The first-order valence-electron chi connectivity index (χ1n) is 12.1. The fraction of sp³-hybridized carbons (Fsp3) is 0.367. The molecule has 3 amide bonds. The van der Waals surface area contributed by atoms with Crippen LogP contribution in [0.15, 0.2) is 54.6 Å². The summed E-state index contributed by atoms with van der Waals surface area (Å²) in [5.41, 5.74) is 1.24. The van der Waals surface area contributed by atoms with Gasteiger partial charge in [0.1, 0.15) is 17.7 Å². The number of terminal acetylenes is 2. The van der Waals surface area contributed by atoms with Gasteiger partial charge in [-0.3, -0.25) is 14.5 Å². The van der Waals surface area contributed by atoms with E-state index in [1.807, 2.05) is 44.2 Å². The van der Waals surface area contributed by atoms with Gasteiger partial charge in [-0.2, -0.15) is 0 Å². The third kappa shape index (κ3) is 9.05. The molecule has 0 aliphatic rings. The van der Waals surface area contributed by atoms with Crippen LogP contribution in [0.3, 0.4) is 0 Å². The van der Waals surface area contributed by atoms with Crippen LogP contribution in [0.5, 0.6) is 0 Å². The lowest BCUT2D eigenvalue weighted by Gasteiger charge is -2.31. The van der Waals surface area contributed by atoms with E-state index in [0.29, 0.717) is 17.5 Å². The van der Waals surface area contributed by atoms with Crippen molar-refractivity contribution in [3.8, 4) is 24.8 Å². The van der Waals surface area contributed by atoms with E-state index in [0.717, 1.165) is 10.5 Å². The first kappa shape index (κ1) is 29.0. The van der Waals surface area contributed by atoms with Crippen LogP contribution in [0, 0.1) is 30.7 Å². The molecule has 0 radical (unpaired) electrons. The normalized spacial score (nSPS) is 12.4. The molecule has 0 heterocycles. The molecule has 0 aliphatic heterocycles. The average Bonchev–Trinajstić information content (AvgIpc) is 2.84. The number of hydrogen-bond donors (Lipinski definition) is 2. The summed E-state index contributed by atoms with van der Waals surface area (Å²) in [7, 11) is 0. The lowest BCUT2D eigenvalue weighted by molar-refractivity contribution is -0.139. The van der Waals surface area contributed by atoms with E-state index in [2.05, 4.69) is 22.6 Å². The van der Waals surface area contributed by atoms with Crippen molar-refractivity contribution < 1.29 is 19.1 Å². The predicted molar refractivity (Wildman–Crippen MR) is 144 cm³/mol. The molecule has 2 atom stereocenters. The van der Waals surface area contributed by atoms with E-state index in [1.54, 1.807) is 45.0 Å². The van der Waals surface area contributed by atoms with Gasteiger partial charge in [0, 0.05) is 18.2 Å². The Morgan fingerprint density at radius 1 is 1.00 bits per heavy atom. The number of rotatable bonds is 9. The van der Waals surface area contributed by atoms with Crippen molar-refractivity contribution in [2.45, 2.75) is 65.3 Å². The van der Waals surface area contributed by atoms with Crippen molar-refractivity contribution >= 4 is 17.9 Å². The largest absolute Gasteiger partial charge is 0.444 e. The van der Waals surface area contributed by atoms with Crippen LogP contribution < -0.4 is 10.6 Å². The lowest BCUT2D eigenvalue weighted by Crippen LogP contribution is -2.51. The van der Waals surface area contributed by atoms with Gasteiger partial charge in [-0.25, -0.2) is 4.79 Å². The third-order valence-corrected chi connectivity index (χ3v) is 5.28. The smallest absolute Gasteiger partial charge is 0.408 e. The molecular formula is C30H35N3O4. The molecule has 2 rings (SSSR count). The van der Waals surface area contributed by atoms with Crippen molar-refractivity contribution in [2.24, 2.45) is 5.92 Å². The molecule has 194 valence electrons. The third-order valence-electron chi connectivity index (χ3n) is 5.28. The van der Waals surface area contributed by atoms with Crippen LogP contribution in [-0.4, -0.2) is 34.5 Å². The van der Waals surface area contributed by atoms with Gasteiger partial charge in [0.2, 0.25) is 5.91 Å². The van der Waals surface area contributed by atoms with E-state index in [9.17, 15) is 14.4 Å². The molecule has 0 bridgehead atoms. The fourth-order valence-corrected chi connectivity index (χ4v) is 3.64. The number of amides is 3. The second-order valence-corrected chi connectivity index (χ2v) is 10.0. The molecule has 2 aromatic carbocycles. The molecule has 0 aromatic heterocycles. The van der Waals surface area contributed by atoms with Gasteiger partial charge < -0.3 is 15.4 Å². The van der Waals surface area contributed by atoms with E-state index in [4.69, 9.17) is 17.6 Å². The Bertz CT molecular complexity index is 1150. The van der Waals surface area contributed by atoms with Crippen molar-refractivity contribution in [1.82, 2.24) is 15.5 Å². The Morgan fingerprint density at radius 3 is 2.14 bits per heavy atom. The summed E-state index contributed by atoms with van der Waals surface area (Å²) in [4.78, 5) is 40.7. The average molecular weight is 502 g/mol. The van der Waals surface area contributed by atoms with Crippen molar-refractivity contribution in [1.29, 1.82) is 0 Å². The Morgan fingerprint density at radius 2 is 1.62 bits per heavy atom. The maximum absolute atomic E-state index is 13.7. The number of alkyl carbamates (subject to hydrolysis) is 1. The molecule has 2 aromatic rings. The summed E-state index contributed by atoms with van der Waals surface area (Å²) in [5, 5.41) is 5.50. The summed E-state index contributed by atoms with van der Waals surface area (Å²) in [6, 6.07) is 16.3. The topological polar surface area (TPSA) is 87.7 Å². The van der Waals surface area contributed by atoms with E-state index in [-0.39, 0.29) is 12.5 Å². The second-order valence-electron chi connectivity index (χ2n) is 10.0. The summed E-state index contributed by atoms with van der Waals surface area (Å²) < 4.78 is 5.35. The SMILES string of the molecule is C#Cc1ccc(C(C(=O)NCc2ccccc2)N(C#C)C(=O)C(CC(C)C)NC(=O)OC(C)(C)C)cc1. The molecule has 2 unspecified atom stereocenters. The Labute approximate surface area is 220 Å². The highest BCUT2D eigenvalue weighted by molar-refractivity contribution is 5.93. The van der Waals surface area contributed by atoms with E-state index < -0.39 is 35.6 Å². The van der Waals surface area contributed by atoms with Gasteiger partial charge in [-0.15, -0.1) is 6.42 Å². The quantitative estimate of drug-likeness (QED) is 0.394. The Balaban J connectivity index is 2.40. The summed E-state index contributed by atoms with van der Waals surface area (Å²) >= 11 is 0. The molecule has 0 saturated heterocycles. The number of nitrogens with zero attached hydrogens (tertiary/aromatic N) is 1. The first-order chi connectivity index (χ1) is 17.4. The molecule has 0 spiro atoms. The first-order valence-corrected chi connectivity index (χ1v) is 12.1. The molecule has 0 fully saturated rings. The zero-order valence-corrected chi connectivity index (χ0v) is 22.1. The maximum atomic E-state index is 13.7. The van der Waals surface area contributed by atoms with Crippen LogP contribution in [-0.2, 0) is 20.9 Å². The number of nitrogens with one attached hydrogen (secondary N) is 2. The summed E-state index contributed by atoms with van der Waals surface area (Å²) in [6.07, 6.45) is 10.8. The van der Waals surface area contributed by atoms with Gasteiger partial charge in [0.05, 0.1) is 0 Å². The van der Waals surface area contributed by atoms with E-state index in [1.165, 1.54) is 0 Å². The molecular weight excluding hydrogens is 466 g/mol. The number of carbonyl (C=O) groups is 3. The van der Waals surface area contributed by atoms with Gasteiger partial charge in [-0.05, 0) is 56.4 Å². The van der Waals surface area contributed by atoms with Crippen molar-refractivity contribution in [2.75, 3.05) is 0 Å². The van der Waals surface area contributed by atoms with Gasteiger partial charge in [-0.1, -0.05) is 68.7 Å². The number of benzene rings is 2. The minimum atomic E-state index is -1.15.